The summed E-state index contributed by atoms with van der Waals surface area (Å²) in [7, 11) is 0. The van der Waals surface area contributed by atoms with E-state index in [1.54, 1.807) is 10.7 Å². The molecule has 0 unspecified atom stereocenters. The molecule has 0 spiro atoms. The molecule has 2 aromatic rings. The highest BCUT2D eigenvalue weighted by Gasteiger charge is 2.24. The number of hydrogen-bond donors (Lipinski definition) is 1. The van der Waals surface area contributed by atoms with Gasteiger partial charge in [-0.2, -0.15) is 5.10 Å². The van der Waals surface area contributed by atoms with Crippen LogP contribution in [0, 0.1) is 0 Å². The number of hydrogen-bond acceptors (Lipinski definition) is 4. The van der Waals surface area contributed by atoms with Gasteiger partial charge in [0.2, 0.25) is 0 Å². The van der Waals surface area contributed by atoms with Crippen molar-refractivity contribution in [3.63, 3.8) is 0 Å². The Hall–Kier alpha value is -1.62. The van der Waals surface area contributed by atoms with E-state index < -0.39 is 0 Å². The molecule has 2 aromatic heterocycles. The molecule has 0 aliphatic heterocycles. The van der Waals surface area contributed by atoms with E-state index >= 15 is 0 Å². The van der Waals surface area contributed by atoms with Crippen LogP contribution in [0.15, 0.2) is 24.5 Å². The molecular weight excluding hydrogens is 238 g/mol. The molecule has 0 saturated heterocycles. The molecule has 5 heteroatoms. The predicted octanol–water partition coefficient (Wildman–Crippen LogP) is 1.83. The van der Waals surface area contributed by atoms with Crippen LogP contribution in [-0.2, 0) is 0 Å². The molecular formula is C14H21N5. The molecule has 19 heavy (non-hydrogen) atoms. The van der Waals surface area contributed by atoms with Gasteiger partial charge in [-0.05, 0) is 38.7 Å². The lowest BCUT2D eigenvalue weighted by Crippen LogP contribution is -2.41. The largest absolute Gasteiger partial charge is 0.354 e. The second kappa shape index (κ2) is 5.17. The van der Waals surface area contributed by atoms with E-state index in [9.17, 15) is 0 Å². The van der Waals surface area contributed by atoms with Crippen LogP contribution < -0.4 is 10.6 Å². The first-order valence-electron chi connectivity index (χ1n) is 7.10. The minimum atomic E-state index is 0.389. The minimum Gasteiger partial charge on any atom is -0.354 e. The summed E-state index contributed by atoms with van der Waals surface area (Å²) in [6.45, 7) is 3.17. The number of rotatable bonds is 3. The second-order valence-corrected chi connectivity index (χ2v) is 5.27. The van der Waals surface area contributed by atoms with Crippen molar-refractivity contribution >= 4 is 11.5 Å². The molecule has 2 heterocycles. The molecule has 1 fully saturated rings. The standard InChI is InChI=1S/C14H21N5/c1-2-18(12-5-3-11(15)4-6-12)13-8-10-19-14(17-13)7-9-16-19/h7-12H,2-6,15H2,1H3. The van der Waals surface area contributed by atoms with Crippen LogP contribution in [0.5, 0.6) is 0 Å². The van der Waals surface area contributed by atoms with Gasteiger partial charge in [-0.15, -0.1) is 0 Å². The number of nitrogens with two attached hydrogens (primary N) is 1. The van der Waals surface area contributed by atoms with Crippen molar-refractivity contribution in [3.8, 4) is 0 Å². The van der Waals surface area contributed by atoms with E-state index in [2.05, 4.69) is 23.0 Å². The van der Waals surface area contributed by atoms with Crippen LogP contribution in [0.3, 0.4) is 0 Å². The molecule has 1 aliphatic rings. The highest BCUT2D eigenvalue weighted by Crippen LogP contribution is 2.25. The van der Waals surface area contributed by atoms with Crippen LogP contribution in [-0.4, -0.2) is 33.2 Å². The molecule has 0 atom stereocenters. The molecule has 5 nitrogen and oxygen atoms in total. The number of anilines is 1. The van der Waals surface area contributed by atoms with E-state index in [0.29, 0.717) is 12.1 Å². The van der Waals surface area contributed by atoms with Crippen LogP contribution in [0.1, 0.15) is 32.6 Å². The maximum atomic E-state index is 5.99. The first kappa shape index (κ1) is 12.4. The van der Waals surface area contributed by atoms with Crippen molar-refractivity contribution in [2.45, 2.75) is 44.7 Å². The maximum absolute atomic E-state index is 5.99. The molecule has 0 bridgehead atoms. The van der Waals surface area contributed by atoms with Gasteiger partial charge < -0.3 is 10.6 Å². The fourth-order valence-electron chi connectivity index (χ4n) is 2.98. The van der Waals surface area contributed by atoms with Gasteiger partial charge in [0, 0.05) is 30.9 Å². The Balaban J connectivity index is 1.84. The normalized spacial score (nSPS) is 23.7. The van der Waals surface area contributed by atoms with Crippen molar-refractivity contribution in [1.29, 1.82) is 0 Å². The van der Waals surface area contributed by atoms with Crippen LogP contribution in [0.25, 0.3) is 5.65 Å². The Morgan fingerprint density at radius 1 is 1.32 bits per heavy atom. The zero-order valence-electron chi connectivity index (χ0n) is 11.4. The van der Waals surface area contributed by atoms with Crippen LogP contribution in [0.2, 0.25) is 0 Å². The fourth-order valence-corrected chi connectivity index (χ4v) is 2.98. The van der Waals surface area contributed by atoms with Gasteiger partial charge in [0.25, 0.3) is 0 Å². The van der Waals surface area contributed by atoms with Crippen molar-refractivity contribution in [1.82, 2.24) is 14.6 Å². The number of nitrogens with zero attached hydrogens (tertiary/aromatic N) is 4. The van der Waals surface area contributed by atoms with Gasteiger partial charge >= 0.3 is 0 Å². The quantitative estimate of drug-likeness (QED) is 0.913. The molecule has 0 aromatic carbocycles. The van der Waals surface area contributed by atoms with Gasteiger partial charge in [-0.3, -0.25) is 0 Å². The summed E-state index contributed by atoms with van der Waals surface area (Å²) < 4.78 is 1.80. The highest BCUT2D eigenvalue weighted by molar-refractivity contribution is 5.48. The van der Waals surface area contributed by atoms with E-state index in [-0.39, 0.29) is 0 Å². The third-order valence-electron chi connectivity index (χ3n) is 4.06. The first-order valence-corrected chi connectivity index (χ1v) is 7.10. The van der Waals surface area contributed by atoms with Crippen LogP contribution in [0.4, 0.5) is 5.82 Å². The molecule has 1 aliphatic carbocycles. The second-order valence-electron chi connectivity index (χ2n) is 5.27. The number of fused-ring (bicyclic) bond motifs is 1. The van der Waals surface area contributed by atoms with Gasteiger partial charge in [0.15, 0.2) is 5.65 Å². The summed E-state index contributed by atoms with van der Waals surface area (Å²) in [5, 5.41) is 4.19. The average Bonchev–Trinajstić information content (AvgIpc) is 2.89. The molecule has 2 N–H and O–H groups in total. The van der Waals surface area contributed by atoms with Crippen molar-refractivity contribution in [2.24, 2.45) is 5.73 Å². The lowest BCUT2D eigenvalue weighted by Gasteiger charge is -2.36. The first-order chi connectivity index (χ1) is 9.28. The van der Waals surface area contributed by atoms with Crippen molar-refractivity contribution < 1.29 is 0 Å². The Morgan fingerprint density at radius 2 is 2.11 bits per heavy atom. The van der Waals surface area contributed by atoms with E-state index in [0.717, 1.165) is 30.9 Å². The van der Waals surface area contributed by atoms with Gasteiger partial charge in [-0.1, -0.05) is 0 Å². The zero-order valence-corrected chi connectivity index (χ0v) is 11.4. The Morgan fingerprint density at radius 3 is 2.84 bits per heavy atom. The molecule has 0 amide bonds. The molecule has 3 rings (SSSR count). The zero-order chi connectivity index (χ0) is 13.2. The summed E-state index contributed by atoms with van der Waals surface area (Å²) in [6.07, 6.45) is 8.34. The van der Waals surface area contributed by atoms with Gasteiger partial charge in [0.1, 0.15) is 5.82 Å². The smallest absolute Gasteiger partial charge is 0.157 e. The fraction of sp³-hybridized carbons (Fsp3) is 0.571. The summed E-state index contributed by atoms with van der Waals surface area (Å²) in [6, 6.07) is 4.95. The van der Waals surface area contributed by atoms with E-state index in [4.69, 9.17) is 10.7 Å². The summed E-state index contributed by atoms with van der Waals surface area (Å²) in [5.41, 5.74) is 6.90. The lowest BCUT2D eigenvalue weighted by atomic mass is 9.91. The Bertz CT molecular complexity index is 542. The average molecular weight is 259 g/mol. The van der Waals surface area contributed by atoms with E-state index in [1.165, 1.54) is 12.8 Å². The summed E-state index contributed by atoms with van der Waals surface area (Å²) in [5.74, 6) is 1.05. The summed E-state index contributed by atoms with van der Waals surface area (Å²) in [4.78, 5) is 7.10. The number of aromatic nitrogens is 3. The highest BCUT2D eigenvalue weighted by atomic mass is 15.3. The Kier molecular flexibility index (Phi) is 3.38. The minimum absolute atomic E-state index is 0.389. The molecule has 0 radical (unpaired) electrons. The monoisotopic (exact) mass is 259 g/mol. The summed E-state index contributed by atoms with van der Waals surface area (Å²) >= 11 is 0. The van der Waals surface area contributed by atoms with Gasteiger partial charge in [-0.25, -0.2) is 9.50 Å². The molecule has 1 saturated carbocycles. The predicted molar refractivity (Wildman–Crippen MR) is 76.2 cm³/mol. The van der Waals surface area contributed by atoms with Gasteiger partial charge in [0.05, 0.1) is 6.20 Å². The Labute approximate surface area is 113 Å². The third kappa shape index (κ3) is 2.42. The lowest BCUT2D eigenvalue weighted by molar-refractivity contribution is 0.377. The van der Waals surface area contributed by atoms with Crippen molar-refractivity contribution in [2.75, 3.05) is 11.4 Å². The van der Waals surface area contributed by atoms with E-state index in [1.807, 2.05) is 12.3 Å². The van der Waals surface area contributed by atoms with Crippen LogP contribution >= 0.6 is 0 Å². The maximum Gasteiger partial charge on any atom is 0.157 e. The topological polar surface area (TPSA) is 59.5 Å². The van der Waals surface area contributed by atoms with Crippen molar-refractivity contribution in [3.05, 3.63) is 24.5 Å². The molecule has 102 valence electrons. The third-order valence-corrected chi connectivity index (χ3v) is 4.06. The SMILES string of the molecule is CCN(c1ccn2nccc2n1)C1CCC(N)CC1.